The molecule has 1 aliphatic heterocycles. The summed E-state index contributed by atoms with van der Waals surface area (Å²) >= 11 is 0. The lowest BCUT2D eigenvalue weighted by atomic mass is 10.1. The largest absolute Gasteiger partial charge is 0.490 e. The Bertz CT molecular complexity index is 968. The van der Waals surface area contributed by atoms with Crippen molar-refractivity contribution in [1.29, 1.82) is 0 Å². The van der Waals surface area contributed by atoms with Crippen molar-refractivity contribution < 1.29 is 9.47 Å². The lowest BCUT2D eigenvalue weighted by Crippen LogP contribution is -2.22. The first-order valence-corrected chi connectivity index (χ1v) is 9.13. The molecule has 6 nitrogen and oxygen atoms in total. The van der Waals surface area contributed by atoms with Crippen molar-refractivity contribution >= 4 is 22.5 Å². The fourth-order valence-corrected chi connectivity index (χ4v) is 3.45. The molecule has 2 heterocycles. The van der Waals surface area contributed by atoms with E-state index >= 15 is 0 Å². The molecule has 1 aliphatic rings. The quantitative estimate of drug-likeness (QED) is 0.550. The second-order valence-corrected chi connectivity index (χ2v) is 6.69. The molecule has 6 heteroatoms. The van der Waals surface area contributed by atoms with Gasteiger partial charge in [-0.05, 0) is 30.7 Å². The molecule has 2 aromatic carbocycles. The molecule has 3 N–H and O–H groups in total. The highest BCUT2D eigenvalue weighted by Crippen LogP contribution is 2.32. The molecular weight excluding hydrogens is 340 g/mol. The van der Waals surface area contributed by atoms with E-state index in [1.165, 1.54) is 16.5 Å². The number of ether oxygens (including phenoxy) is 2. The standard InChI is InChI=1S/C21H24N4O2/c1-14-16-6-3-4-7-17(16)25(2)18(14)13-23-21(22)24-15-8-9-19-20(12-15)27-11-5-10-26-19/h3-4,6-9,12H,5,10-11,13H2,1-2H3,(H3,22,23,24). The first-order chi connectivity index (χ1) is 13.1. The Morgan fingerprint density at radius 1 is 1.15 bits per heavy atom. The summed E-state index contributed by atoms with van der Waals surface area (Å²) in [6, 6.07) is 14.1. The first-order valence-electron chi connectivity index (χ1n) is 9.13. The SMILES string of the molecule is Cc1c(CN=C(N)Nc2ccc3c(c2)OCCCO3)n(C)c2ccccc12. The molecule has 140 valence electrons. The summed E-state index contributed by atoms with van der Waals surface area (Å²) in [5.41, 5.74) is 10.5. The lowest BCUT2D eigenvalue weighted by molar-refractivity contribution is 0.297. The fourth-order valence-electron chi connectivity index (χ4n) is 3.45. The number of aryl methyl sites for hydroxylation is 2. The number of nitrogens with two attached hydrogens (primary N) is 1. The summed E-state index contributed by atoms with van der Waals surface area (Å²) in [5, 5.41) is 4.39. The van der Waals surface area contributed by atoms with E-state index in [4.69, 9.17) is 15.2 Å². The van der Waals surface area contributed by atoms with Crippen LogP contribution in [0.4, 0.5) is 5.69 Å². The second kappa shape index (κ2) is 7.23. The highest BCUT2D eigenvalue weighted by molar-refractivity contribution is 5.92. The van der Waals surface area contributed by atoms with E-state index in [1.807, 2.05) is 18.2 Å². The van der Waals surface area contributed by atoms with Crippen LogP contribution in [0.25, 0.3) is 10.9 Å². The zero-order valence-electron chi connectivity index (χ0n) is 15.7. The van der Waals surface area contributed by atoms with Crippen LogP contribution in [0.15, 0.2) is 47.5 Å². The van der Waals surface area contributed by atoms with E-state index < -0.39 is 0 Å². The van der Waals surface area contributed by atoms with E-state index in [2.05, 4.69) is 53.1 Å². The van der Waals surface area contributed by atoms with Crippen molar-refractivity contribution in [3.05, 3.63) is 53.7 Å². The van der Waals surface area contributed by atoms with Crippen molar-refractivity contribution in [1.82, 2.24) is 4.57 Å². The number of anilines is 1. The fraction of sp³-hybridized carbons (Fsp3) is 0.286. The van der Waals surface area contributed by atoms with Gasteiger partial charge in [-0.3, -0.25) is 0 Å². The van der Waals surface area contributed by atoms with E-state index in [1.54, 1.807) is 0 Å². The second-order valence-electron chi connectivity index (χ2n) is 6.69. The molecule has 0 fully saturated rings. The highest BCUT2D eigenvalue weighted by atomic mass is 16.5. The molecular formula is C21H24N4O2. The van der Waals surface area contributed by atoms with Gasteiger partial charge in [0.1, 0.15) is 0 Å². The molecule has 0 saturated carbocycles. The van der Waals surface area contributed by atoms with E-state index in [0.29, 0.717) is 25.7 Å². The summed E-state index contributed by atoms with van der Waals surface area (Å²) in [6.07, 6.45) is 0.880. The number of aromatic nitrogens is 1. The van der Waals surface area contributed by atoms with E-state index in [0.717, 1.165) is 29.3 Å². The molecule has 0 amide bonds. The van der Waals surface area contributed by atoms with Crippen LogP contribution >= 0.6 is 0 Å². The Hall–Kier alpha value is -3.15. The summed E-state index contributed by atoms with van der Waals surface area (Å²) in [6.45, 7) is 3.97. The van der Waals surface area contributed by atoms with Crippen molar-refractivity contribution in [2.45, 2.75) is 19.9 Å². The van der Waals surface area contributed by atoms with Gasteiger partial charge in [0.05, 0.1) is 19.8 Å². The maximum atomic E-state index is 6.11. The molecule has 0 bridgehead atoms. The molecule has 0 spiro atoms. The number of hydrogen-bond acceptors (Lipinski definition) is 3. The zero-order chi connectivity index (χ0) is 18.8. The van der Waals surface area contributed by atoms with Crippen molar-refractivity contribution in [3.8, 4) is 11.5 Å². The number of fused-ring (bicyclic) bond motifs is 2. The third-order valence-corrected chi connectivity index (χ3v) is 4.93. The van der Waals surface area contributed by atoms with Gasteiger partial charge in [-0.15, -0.1) is 0 Å². The lowest BCUT2D eigenvalue weighted by Gasteiger charge is -2.11. The smallest absolute Gasteiger partial charge is 0.193 e. The average molecular weight is 364 g/mol. The van der Waals surface area contributed by atoms with Gasteiger partial charge in [-0.2, -0.15) is 0 Å². The number of rotatable bonds is 3. The topological polar surface area (TPSA) is 73.8 Å². The van der Waals surface area contributed by atoms with Crippen LogP contribution in [0.2, 0.25) is 0 Å². The van der Waals surface area contributed by atoms with Gasteiger partial charge in [0.2, 0.25) is 0 Å². The summed E-state index contributed by atoms with van der Waals surface area (Å²) in [7, 11) is 2.06. The number of para-hydroxylation sites is 1. The van der Waals surface area contributed by atoms with Crippen LogP contribution in [0, 0.1) is 6.92 Å². The third-order valence-electron chi connectivity index (χ3n) is 4.93. The molecule has 4 rings (SSSR count). The number of nitrogens with one attached hydrogen (secondary N) is 1. The Labute approximate surface area is 158 Å². The molecule has 0 aliphatic carbocycles. The number of benzene rings is 2. The zero-order valence-corrected chi connectivity index (χ0v) is 15.7. The predicted octanol–water partition coefficient (Wildman–Crippen LogP) is 3.57. The van der Waals surface area contributed by atoms with Gasteiger partial charge in [0, 0.05) is 41.8 Å². The number of aliphatic imine (C=N–C) groups is 1. The van der Waals surface area contributed by atoms with Crippen LogP contribution in [0.3, 0.4) is 0 Å². The molecule has 0 unspecified atom stereocenters. The summed E-state index contributed by atoms with van der Waals surface area (Å²) < 4.78 is 13.5. The Morgan fingerprint density at radius 3 is 2.74 bits per heavy atom. The molecule has 0 saturated heterocycles. The van der Waals surface area contributed by atoms with Crippen LogP contribution in [-0.4, -0.2) is 23.7 Å². The number of nitrogens with zero attached hydrogens (tertiary/aromatic N) is 2. The number of guanidine groups is 1. The molecule has 1 aromatic heterocycles. The highest BCUT2D eigenvalue weighted by Gasteiger charge is 2.12. The van der Waals surface area contributed by atoms with Gasteiger partial charge in [-0.25, -0.2) is 4.99 Å². The van der Waals surface area contributed by atoms with Crippen molar-refractivity contribution in [2.24, 2.45) is 17.8 Å². The maximum Gasteiger partial charge on any atom is 0.193 e. The monoisotopic (exact) mass is 364 g/mol. The van der Waals surface area contributed by atoms with E-state index in [-0.39, 0.29) is 0 Å². The summed E-state index contributed by atoms with van der Waals surface area (Å²) in [4.78, 5) is 4.53. The van der Waals surface area contributed by atoms with Gasteiger partial charge in [0.25, 0.3) is 0 Å². The Balaban J connectivity index is 1.52. The summed E-state index contributed by atoms with van der Waals surface area (Å²) in [5.74, 6) is 1.86. The first kappa shape index (κ1) is 17.3. The molecule has 0 atom stereocenters. The molecule has 3 aromatic rings. The van der Waals surface area contributed by atoms with Crippen LogP contribution in [0.1, 0.15) is 17.7 Å². The number of hydrogen-bond donors (Lipinski definition) is 2. The Kier molecular flexibility index (Phi) is 4.62. The molecule has 27 heavy (non-hydrogen) atoms. The van der Waals surface area contributed by atoms with Crippen molar-refractivity contribution in [3.63, 3.8) is 0 Å². The third kappa shape index (κ3) is 3.43. The van der Waals surface area contributed by atoms with Gasteiger partial charge in [0.15, 0.2) is 17.5 Å². The van der Waals surface area contributed by atoms with Crippen LogP contribution in [0.5, 0.6) is 11.5 Å². The normalized spacial score (nSPS) is 14.2. The van der Waals surface area contributed by atoms with Gasteiger partial charge >= 0.3 is 0 Å². The maximum absolute atomic E-state index is 6.11. The minimum Gasteiger partial charge on any atom is -0.490 e. The van der Waals surface area contributed by atoms with Crippen molar-refractivity contribution in [2.75, 3.05) is 18.5 Å². The molecule has 0 radical (unpaired) electrons. The minimum absolute atomic E-state index is 0.370. The van der Waals surface area contributed by atoms with Gasteiger partial charge in [-0.1, -0.05) is 18.2 Å². The predicted molar refractivity (Wildman–Crippen MR) is 109 cm³/mol. The van der Waals surface area contributed by atoms with Crippen LogP contribution in [-0.2, 0) is 13.6 Å². The van der Waals surface area contributed by atoms with Crippen LogP contribution < -0.4 is 20.5 Å². The average Bonchev–Trinajstić information content (AvgIpc) is 2.82. The van der Waals surface area contributed by atoms with Gasteiger partial charge < -0.3 is 25.1 Å². The Morgan fingerprint density at radius 2 is 1.93 bits per heavy atom. The van der Waals surface area contributed by atoms with E-state index in [9.17, 15) is 0 Å². The minimum atomic E-state index is 0.370.